The van der Waals surface area contributed by atoms with E-state index in [1.165, 1.54) is 9.80 Å². The molecular weight excluding hydrogens is 546 g/mol. The molecule has 0 saturated carbocycles. The predicted molar refractivity (Wildman–Crippen MR) is 167 cm³/mol. The van der Waals surface area contributed by atoms with E-state index < -0.39 is 17.7 Å². The molecule has 1 N–H and O–H groups in total. The first-order valence-electron chi connectivity index (χ1n) is 15.5. The zero-order valence-corrected chi connectivity index (χ0v) is 26.7. The molecule has 1 fully saturated rings. The number of imide groups is 1. The van der Waals surface area contributed by atoms with Crippen LogP contribution in [-0.2, 0) is 22.6 Å². The number of aromatic hydroxyl groups is 1. The molecule has 1 saturated heterocycles. The summed E-state index contributed by atoms with van der Waals surface area (Å²) < 4.78 is 11.4. The molecule has 0 radical (unpaired) electrons. The SMILES string of the molecule is CCCN(CCc1cccc(OCc2ccccc2)c1O)C(=O)N(CCC(C)C)C(=O)C1CCCN1C(=O)OC(C)(C)C. The van der Waals surface area contributed by atoms with Gasteiger partial charge < -0.3 is 19.5 Å². The Hall–Kier alpha value is -3.75. The molecular formula is C34H49N3O6. The van der Waals surface area contributed by atoms with Crippen LogP contribution in [0.3, 0.4) is 0 Å². The van der Waals surface area contributed by atoms with Crippen molar-refractivity contribution in [3.05, 3.63) is 59.7 Å². The number of para-hydroxylation sites is 1. The minimum atomic E-state index is -0.739. The molecule has 1 aliphatic rings. The number of amides is 4. The van der Waals surface area contributed by atoms with Crippen LogP contribution in [0.1, 0.15) is 78.4 Å². The number of phenols is 1. The smallest absolute Gasteiger partial charge is 0.410 e. The van der Waals surface area contributed by atoms with Gasteiger partial charge in [-0.1, -0.05) is 63.2 Å². The fraction of sp³-hybridized carbons (Fsp3) is 0.559. The van der Waals surface area contributed by atoms with Gasteiger partial charge in [0.25, 0.3) is 5.91 Å². The average molecular weight is 596 g/mol. The standard InChI is InChI=1S/C34H49N3O6/c1-7-20-35(22-19-27-15-11-17-29(30(27)38)42-24-26-13-9-8-10-14-26)32(40)37(23-18-25(2)3)31(39)28-16-12-21-36(28)33(41)43-34(4,5)6/h8-11,13-15,17,25,28,38H,7,12,16,18-24H2,1-6H3. The van der Waals surface area contributed by atoms with Crippen LogP contribution in [0.2, 0.25) is 0 Å². The molecule has 4 amide bonds. The number of carbonyl (C=O) groups excluding carboxylic acids is 3. The number of carbonyl (C=O) groups is 3. The van der Waals surface area contributed by atoms with Gasteiger partial charge in [0, 0.05) is 26.2 Å². The first-order chi connectivity index (χ1) is 20.4. The number of benzene rings is 2. The fourth-order valence-corrected chi connectivity index (χ4v) is 5.05. The Bertz CT molecular complexity index is 1210. The van der Waals surface area contributed by atoms with Gasteiger partial charge in [0.15, 0.2) is 11.5 Å². The third-order valence-corrected chi connectivity index (χ3v) is 7.33. The highest BCUT2D eigenvalue weighted by Crippen LogP contribution is 2.31. The van der Waals surface area contributed by atoms with Crippen molar-refractivity contribution < 1.29 is 29.0 Å². The van der Waals surface area contributed by atoms with E-state index in [9.17, 15) is 19.5 Å². The summed E-state index contributed by atoms with van der Waals surface area (Å²) in [4.78, 5) is 45.3. The van der Waals surface area contributed by atoms with Gasteiger partial charge >= 0.3 is 12.1 Å². The summed E-state index contributed by atoms with van der Waals surface area (Å²) in [5, 5.41) is 11.0. The topological polar surface area (TPSA) is 99.6 Å². The van der Waals surface area contributed by atoms with Crippen molar-refractivity contribution >= 4 is 18.0 Å². The van der Waals surface area contributed by atoms with Gasteiger partial charge in [-0.3, -0.25) is 14.6 Å². The lowest BCUT2D eigenvalue weighted by atomic mass is 10.1. The van der Waals surface area contributed by atoms with Crippen molar-refractivity contribution in [2.45, 2.75) is 91.9 Å². The van der Waals surface area contributed by atoms with Gasteiger partial charge in [-0.2, -0.15) is 0 Å². The maximum atomic E-state index is 14.0. The number of nitrogens with zero attached hydrogens (tertiary/aromatic N) is 3. The lowest BCUT2D eigenvalue weighted by molar-refractivity contribution is -0.133. The van der Waals surface area contributed by atoms with Gasteiger partial charge in [0.05, 0.1) is 0 Å². The van der Waals surface area contributed by atoms with Gasteiger partial charge in [0.1, 0.15) is 18.2 Å². The van der Waals surface area contributed by atoms with Crippen LogP contribution in [0, 0.1) is 5.92 Å². The van der Waals surface area contributed by atoms with Gasteiger partial charge in [-0.15, -0.1) is 0 Å². The van der Waals surface area contributed by atoms with E-state index in [1.807, 2.05) is 49.4 Å². The van der Waals surface area contributed by atoms with Crippen molar-refractivity contribution in [3.8, 4) is 11.5 Å². The summed E-state index contributed by atoms with van der Waals surface area (Å²) in [7, 11) is 0. The maximum absolute atomic E-state index is 14.0. The molecule has 236 valence electrons. The van der Waals surface area contributed by atoms with Gasteiger partial charge in [-0.25, -0.2) is 9.59 Å². The number of hydrogen-bond acceptors (Lipinski definition) is 6. The van der Waals surface area contributed by atoms with Crippen molar-refractivity contribution in [2.24, 2.45) is 5.92 Å². The molecule has 0 spiro atoms. The molecule has 1 aliphatic heterocycles. The number of likely N-dealkylation sites (tertiary alicyclic amines) is 1. The van der Waals surface area contributed by atoms with Gasteiger partial charge in [0.2, 0.25) is 0 Å². The molecule has 9 nitrogen and oxygen atoms in total. The predicted octanol–water partition coefficient (Wildman–Crippen LogP) is 6.62. The van der Waals surface area contributed by atoms with Crippen molar-refractivity contribution in [1.29, 1.82) is 0 Å². The minimum Gasteiger partial charge on any atom is -0.504 e. The molecule has 0 aromatic heterocycles. The van der Waals surface area contributed by atoms with E-state index in [0.717, 1.165) is 5.56 Å². The molecule has 2 aromatic rings. The maximum Gasteiger partial charge on any atom is 0.410 e. The molecule has 2 aromatic carbocycles. The lowest BCUT2D eigenvalue weighted by Crippen LogP contribution is -2.54. The number of urea groups is 1. The largest absolute Gasteiger partial charge is 0.504 e. The second kappa shape index (κ2) is 15.6. The number of hydrogen-bond donors (Lipinski definition) is 1. The average Bonchev–Trinajstić information content (AvgIpc) is 3.45. The van der Waals surface area contributed by atoms with Crippen LogP contribution in [0.5, 0.6) is 11.5 Å². The Morgan fingerprint density at radius 2 is 1.74 bits per heavy atom. The summed E-state index contributed by atoms with van der Waals surface area (Å²) in [6, 6.07) is 14.0. The summed E-state index contributed by atoms with van der Waals surface area (Å²) in [5.41, 5.74) is 0.963. The van der Waals surface area contributed by atoms with Crippen LogP contribution < -0.4 is 4.74 Å². The Morgan fingerprint density at radius 3 is 2.40 bits per heavy atom. The highest BCUT2D eigenvalue weighted by atomic mass is 16.6. The Balaban J connectivity index is 1.75. The van der Waals surface area contributed by atoms with Crippen molar-refractivity contribution in [2.75, 3.05) is 26.2 Å². The van der Waals surface area contributed by atoms with Crippen molar-refractivity contribution in [3.63, 3.8) is 0 Å². The second-order valence-corrected chi connectivity index (χ2v) is 12.6. The van der Waals surface area contributed by atoms with Crippen LogP contribution in [0.15, 0.2) is 48.5 Å². The Labute approximate surface area is 256 Å². The quantitative estimate of drug-likeness (QED) is 0.296. The van der Waals surface area contributed by atoms with E-state index in [-0.39, 0.29) is 30.2 Å². The van der Waals surface area contributed by atoms with Crippen LogP contribution in [0.25, 0.3) is 0 Å². The summed E-state index contributed by atoms with van der Waals surface area (Å²) in [6.07, 6.45) is 2.37. The van der Waals surface area contributed by atoms with Crippen LogP contribution >= 0.6 is 0 Å². The molecule has 9 heteroatoms. The summed E-state index contributed by atoms with van der Waals surface area (Å²) in [5.74, 6) is 0.346. The van der Waals surface area contributed by atoms with Crippen LogP contribution in [0.4, 0.5) is 9.59 Å². The Morgan fingerprint density at radius 1 is 1.02 bits per heavy atom. The number of rotatable bonds is 12. The first kappa shape index (κ1) is 33.7. The molecule has 43 heavy (non-hydrogen) atoms. The van der Waals surface area contributed by atoms with E-state index in [0.29, 0.717) is 69.7 Å². The first-order valence-corrected chi connectivity index (χ1v) is 15.5. The second-order valence-electron chi connectivity index (χ2n) is 12.6. The molecule has 0 aliphatic carbocycles. The highest BCUT2D eigenvalue weighted by molar-refractivity contribution is 5.98. The van der Waals surface area contributed by atoms with Crippen molar-refractivity contribution in [1.82, 2.24) is 14.7 Å². The summed E-state index contributed by atoms with van der Waals surface area (Å²) in [6.45, 7) is 13.2. The molecule has 3 rings (SSSR count). The monoisotopic (exact) mass is 595 g/mol. The van der Waals surface area contributed by atoms with E-state index in [4.69, 9.17) is 9.47 Å². The van der Waals surface area contributed by atoms with E-state index in [2.05, 4.69) is 13.8 Å². The highest BCUT2D eigenvalue weighted by Gasteiger charge is 2.41. The Kier molecular flexibility index (Phi) is 12.3. The molecule has 0 bridgehead atoms. The normalized spacial score (nSPS) is 15.0. The number of phenolic OH excluding ortho intramolecular Hbond substituents is 1. The van der Waals surface area contributed by atoms with Gasteiger partial charge in [-0.05, 0) is 76.0 Å². The summed E-state index contributed by atoms with van der Waals surface area (Å²) >= 11 is 0. The third-order valence-electron chi connectivity index (χ3n) is 7.33. The lowest BCUT2D eigenvalue weighted by Gasteiger charge is -2.34. The zero-order valence-electron chi connectivity index (χ0n) is 26.7. The minimum absolute atomic E-state index is 0.0500. The molecule has 1 atom stereocenters. The van der Waals surface area contributed by atoms with E-state index >= 15 is 0 Å². The van der Waals surface area contributed by atoms with E-state index in [1.54, 1.807) is 31.7 Å². The fourth-order valence-electron chi connectivity index (χ4n) is 5.05. The molecule has 1 unspecified atom stereocenters. The zero-order chi connectivity index (χ0) is 31.6. The number of ether oxygens (including phenoxy) is 2. The van der Waals surface area contributed by atoms with Crippen LogP contribution in [-0.4, -0.2) is 75.7 Å². The third kappa shape index (κ3) is 9.90. The molecule has 1 heterocycles.